The van der Waals surface area contributed by atoms with Crippen molar-refractivity contribution in [2.75, 3.05) is 39.6 Å². The highest BCUT2D eigenvalue weighted by Crippen LogP contribution is 2.45. The normalized spacial score (nSPS) is 14.1. The fourth-order valence-corrected chi connectivity index (χ4v) is 15.1. The van der Waals surface area contributed by atoms with Crippen LogP contribution >= 0.6 is 15.6 Å². The van der Waals surface area contributed by atoms with Crippen LogP contribution in [-0.4, -0.2) is 96.7 Å². The Labute approximate surface area is 651 Å². The van der Waals surface area contributed by atoms with Crippen LogP contribution in [-0.2, 0) is 65.4 Å². The molecule has 0 aromatic rings. The monoisotopic (exact) mass is 1550 g/mol. The van der Waals surface area contributed by atoms with Gasteiger partial charge >= 0.3 is 39.5 Å². The molecule has 0 rings (SSSR count). The summed E-state index contributed by atoms with van der Waals surface area (Å²) in [6.07, 6.45) is 70.8. The van der Waals surface area contributed by atoms with Gasteiger partial charge in [0, 0.05) is 25.7 Å². The number of hydrogen-bond acceptors (Lipinski definition) is 15. The van der Waals surface area contributed by atoms with Crippen molar-refractivity contribution in [3.63, 3.8) is 0 Å². The highest BCUT2D eigenvalue weighted by molar-refractivity contribution is 7.47. The molecular formula is C87H170O17P2. The largest absolute Gasteiger partial charge is 0.472 e. The summed E-state index contributed by atoms with van der Waals surface area (Å²) >= 11 is 0. The summed E-state index contributed by atoms with van der Waals surface area (Å²) in [6, 6.07) is 0. The second kappa shape index (κ2) is 78.3. The first-order chi connectivity index (χ1) is 51.4. The van der Waals surface area contributed by atoms with E-state index in [4.69, 9.17) is 37.0 Å². The van der Waals surface area contributed by atoms with Gasteiger partial charge in [-0.25, -0.2) is 9.13 Å². The molecule has 0 heterocycles. The van der Waals surface area contributed by atoms with Crippen LogP contribution in [0.2, 0.25) is 0 Å². The van der Waals surface area contributed by atoms with Crippen LogP contribution < -0.4 is 0 Å². The number of carbonyl (C=O) groups excluding carboxylic acids is 4. The van der Waals surface area contributed by atoms with Gasteiger partial charge in [-0.1, -0.05) is 414 Å². The van der Waals surface area contributed by atoms with Gasteiger partial charge in [-0.05, 0) is 37.5 Å². The topological polar surface area (TPSA) is 237 Å². The van der Waals surface area contributed by atoms with Gasteiger partial charge in [0.15, 0.2) is 12.2 Å². The Bertz CT molecular complexity index is 2030. The van der Waals surface area contributed by atoms with E-state index in [2.05, 4.69) is 41.5 Å². The van der Waals surface area contributed by atoms with Crippen molar-refractivity contribution in [3.8, 4) is 0 Å². The van der Waals surface area contributed by atoms with Gasteiger partial charge in [0.2, 0.25) is 0 Å². The molecule has 3 unspecified atom stereocenters. The third-order valence-electron chi connectivity index (χ3n) is 20.8. The maximum absolute atomic E-state index is 13.2. The van der Waals surface area contributed by atoms with Crippen molar-refractivity contribution < 1.29 is 80.2 Å². The molecule has 0 aliphatic heterocycles. The molecule has 0 saturated heterocycles. The number of carbonyl (C=O) groups is 4. The number of esters is 4. The average Bonchev–Trinajstić information content (AvgIpc) is 0.903. The number of phosphoric ester groups is 2. The molecular weight excluding hydrogens is 1380 g/mol. The number of aliphatic hydroxyl groups is 1. The first kappa shape index (κ1) is 104. The van der Waals surface area contributed by atoms with E-state index >= 15 is 0 Å². The molecule has 106 heavy (non-hydrogen) atoms. The van der Waals surface area contributed by atoms with Crippen molar-refractivity contribution >= 4 is 39.5 Å². The lowest BCUT2D eigenvalue weighted by molar-refractivity contribution is -0.161. The summed E-state index contributed by atoms with van der Waals surface area (Å²) in [5.41, 5.74) is 0. The van der Waals surface area contributed by atoms with Crippen LogP contribution in [0, 0.1) is 11.8 Å². The Kier molecular flexibility index (Phi) is 76.9. The Hall–Kier alpha value is -1.94. The number of aliphatic hydroxyl groups excluding tert-OH is 1. The van der Waals surface area contributed by atoms with E-state index in [1.54, 1.807) is 0 Å². The van der Waals surface area contributed by atoms with Gasteiger partial charge in [0.1, 0.15) is 19.3 Å². The van der Waals surface area contributed by atoms with Gasteiger partial charge in [-0.15, -0.1) is 0 Å². The molecule has 0 aromatic heterocycles. The van der Waals surface area contributed by atoms with E-state index in [0.717, 1.165) is 102 Å². The van der Waals surface area contributed by atoms with Gasteiger partial charge < -0.3 is 33.8 Å². The molecule has 3 N–H and O–H groups in total. The molecule has 17 nitrogen and oxygen atoms in total. The average molecular weight is 1550 g/mol. The molecule has 0 aromatic carbocycles. The van der Waals surface area contributed by atoms with Crippen molar-refractivity contribution in [2.45, 2.75) is 484 Å². The quantitative estimate of drug-likeness (QED) is 0.0222. The number of unbranched alkanes of at least 4 members (excludes halogenated alkanes) is 55. The predicted octanol–water partition coefficient (Wildman–Crippen LogP) is 26.6. The summed E-state index contributed by atoms with van der Waals surface area (Å²) in [5, 5.41) is 10.7. The van der Waals surface area contributed by atoms with Gasteiger partial charge in [-0.3, -0.25) is 37.3 Å². The minimum absolute atomic E-state index is 0.106. The Balaban J connectivity index is 5.26. The zero-order chi connectivity index (χ0) is 77.8. The summed E-state index contributed by atoms with van der Waals surface area (Å²) in [5.74, 6) is -0.540. The number of hydrogen-bond donors (Lipinski definition) is 3. The molecule has 0 spiro atoms. The third-order valence-corrected chi connectivity index (χ3v) is 22.7. The van der Waals surface area contributed by atoms with Crippen LogP contribution in [0.3, 0.4) is 0 Å². The van der Waals surface area contributed by atoms with Crippen LogP contribution in [0.25, 0.3) is 0 Å². The first-order valence-corrected chi connectivity index (χ1v) is 48.0. The van der Waals surface area contributed by atoms with Crippen LogP contribution in [0.5, 0.6) is 0 Å². The number of rotatable bonds is 86. The molecule has 0 fully saturated rings. The molecule has 0 aliphatic rings. The lowest BCUT2D eigenvalue weighted by atomic mass is 9.99. The minimum Gasteiger partial charge on any atom is -0.462 e. The molecule has 0 aliphatic carbocycles. The zero-order valence-electron chi connectivity index (χ0n) is 69.7. The molecule has 630 valence electrons. The van der Waals surface area contributed by atoms with E-state index in [1.807, 2.05) is 0 Å². The van der Waals surface area contributed by atoms with Crippen molar-refractivity contribution in [2.24, 2.45) is 11.8 Å². The maximum Gasteiger partial charge on any atom is 0.472 e. The highest BCUT2D eigenvalue weighted by atomic mass is 31.2. The van der Waals surface area contributed by atoms with Gasteiger partial charge in [0.05, 0.1) is 26.4 Å². The Morgan fingerprint density at radius 3 is 0.717 bits per heavy atom. The minimum atomic E-state index is -4.97. The zero-order valence-corrected chi connectivity index (χ0v) is 71.5. The summed E-state index contributed by atoms with van der Waals surface area (Å²) in [4.78, 5) is 73.3. The highest BCUT2D eigenvalue weighted by Gasteiger charge is 2.30. The Morgan fingerprint density at radius 2 is 0.481 bits per heavy atom. The Morgan fingerprint density at radius 1 is 0.274 bits per heavy atom. The summed E-state index contributed by atoms with van der Waals surface area (Å²) in [7, 11) is -9.93. The van der Waals surface area contributed by atoms with E-state index in [9.17, 15) is 43.2 Å². The van der Waals surface area contributed by atoms with Crippen molar-refractivity contribution in [1.82, 2.24) is 0 Å². The summed E-state index contributed by atoms with van der Waals surface area (Å²) in [6.45, 7) is 9.70. The number of phosphoric acid groups is 2. The van der Waals surface area contributed by atoms with E-state index in [1.165, 1.54) is 283 Å². The predicted molar refractivity (Wildman–Crippen MR) is 437 cm³/mol. The van der Waals surface area contributed by atoms with Crippen LogP contribution in [0.4, 0.5) is 0 Å². The lowest BCUT2D eigenvalue weighted by Gasteiger charge is -2.21. The number of ether oxygens (including phenoxy) is 4. The van der Waals surface area contributed by atoms with Crippen LogP contribution in [0.15, 0.2) is 0 Å². The van der Waals surface area contributed by atoms with E-state index < -0.39 is 97.5 Å². The van der Waals surface area contributed by atoms with Gasteiger partial charge in [0.25, 0.3) is 0 Å². The SMILES string of the molecule is CCCCCCCCCCCCCCCCCCCCCCC(=O)O[C@H](COC(=O)CCCCCCCCCCCCCCCCCCCCC)COP(=O)(O)OC[C@@H](O)COP(=O)(O)OC[C@@H](COC(=O)CCCCCCCCCCCCC(C)C)OC(=O)CCCCCCCCCCCCC(C)CC. The molecule has 6 atom stereocenters. The second-order valence-corrected chi connectivity index (χ2v) is 34.9. The standard InChI is InChI=1S/C87H170O17P2/c1-7-10-12-14-16-18-20-22-24-26-28-30-32-34-36-38-47-53-59-65-71-86(91)103-82(75-97-84(89)69-63-57-51-45-37-35-33-31-29-27-25-23-21-19-17-15-13-11-8-2)77-101-105(93,94)99-73-81(88)74-100-106(95,96)102-78-83(76-98-85(90)70-64-58-52-46-41-39-43-49-55-61-67-79(4)5)104-87(92)72-66-60-54-48-42-40-44-50-56-62-68-80(6)9-3/h79-83,88H,7-78H2,1-6H3,(H,93,94)(H,95,96)/t80?,81-,82-,83-/m1/s1. The van der Waals surface area contributed by atoms with E-state index in [-0.39, 0.29) is 25.7 Å². The fraction of sp³-hybridized carbons (Fsp3) is 0.954. The second-order valence-electron chi connectivity index (χ2n) is 32.0. The van der Waals surface area contributed by atoms with Crippen molar-refractivity contribution in [3.05, 3.63) is 0 Å². The molecule has 19 heteroatoms. The van der Waals surface area contributed by atoms with Crippen molar-refractivity contribution in [1.29, 1.82) is 0 Å². The van der Waals surface area contributed by atoms with Crippen LogP contribution in [0.1, 0.15) is 465 Å². The van der Waals surface area contributed by atoms with Gasteiger partial charge in [-0.2, -0.15) is 0 Å². The molecule has 0 amide bonds. The molecule has 0 bridgehead atoms. The molecule has 0 saturated carbocycles. The fourth-order valence-electron chi connectivity index (χ4n) is 13.6. The lowest BCUT2D eigenvalue weighted by Crippen LogP contribution is -2.30. The third kappa shape index (κ3) is 78.7. The first-order valence-electron chi connectivity index (χ1n) is 45.0. The maximum atomic E-state index is 13.2. The smallest absolute Gasteiger partial charge is 0.462 e. The summed E-state index contributed by atoms with van der Waals surface area (Å²) < 4.78 is 69.0. The molecule has 0 radical (unpaired) electrons. The van der Waals surface area contributed by atoms with E-state index in [0.29, 0.717) is 25.7 Å².